The SMILES string of the molecule is COC12CC3C=CC(=O)C(C)C3(C)CC1=C(C)C(=O)O2. The fraction of sp³-hybridized carbons (Fsp3) is 0.625. The van der Waals surface area contributed by atoms with Crippen molar-refractivity contribution in [3.8, 4) is 0 Å². The van der Waals surface area contributed by atoms with Crippen molar-refractivity contribution < 1.29 is 19.1 Å². The second kappa shape index (κ2) is 4.04. The first-order valence-corrected chi connectivity index (χ1v) is 7.05. The van der Waals surface area contributed by atoms with Gasteiger partial charge in [-0.25, -0.2) is 4.79 Å². The zero-order valence-electron chi connectivity index (χ0n) is 12.4. The van der Waals surface area contributed by atoms with Gasteiger partial charge in [0.05, 0.1) is 0 Å². The van der Waals surface area contributed by atoms with E-state index in [1.165, 1.54) is 0 Å². The molecule has 20 heavy (non-hydrogen) atoms. The van der Waals surface area contributed by atoms with Crippen molar-refractivity contribution >= 4 is 11.8 Å². The third kappa shape index (κ3) is 1.51. The van der Waals surface area contributed by atoms with Crippen LogP contribution in [0.5, 0.6) is 0 Å². The highest BCUT2D eigenvalue weighted by Gasteiger charge is 2.58. The number of esters is 1. The Bertz CT molecular complexity index is 559. The van der Waals surface area contributed by atoms with Crippen LogP contribution < -0.4 is 0 Å². The molecule has 0 aromatic carbocycles. The van der Waals surface area contributed by atoms with Crippen molar-refractivity contribution in [2.24, 2.45) is 17.3 Å². The predicted molar refractivity (Wildman–Crippen MR) is 72.7 cm³/mol. The van der Waals surface area contributed by atoms with E-state index < -0.39 is 5.79 Å². The van der Waals surface area contributed by atoms with Crippen molar-refractivity contribution in [2.45, 2.75) is 39.4 Å². The molecule has 0 bridgehead atoms. The number of carbonyl (C=O) groups excluding carboxylic acids is 2. The zero-order valence-corrected chi connectivity index (χ0v) is 12.4. The van der Waals surface area contributed by atoms with Crippen LogP contribution in [-0.4, -0.2) is 24.6 Å². The number of methoxy groups -OCH3 is 1. The molecule has 1 saturated carbocycles. The molecule has 1 fully saturated rings. The minimum absolute atomic E-state index is 0.0524. The lowest BCUT2D eigenvalue weighted by Gasteiger charge is -2.51. The van der Waals surface area contributed by atoms with Crippen molar-refractivity contribution in [2.75, 3.05) is 7.11 Å². The average molecular weight is 276 g/mol. The number of allylic oxidation sites excluding steroid dienone is 2. The molecule has 0 aromatic rings. The molecule has 0 aromatic heterocycles. The molecule has 4 heteroatoms. The fourth-order valence-corrected chi connectivity index (χ4v) is 3.85. The summed E-state index contributed by atoms with van der Waals surface area (Å²) in [5.41, 5.74) is 1.39. The molecular formula is C16H20O4. The number of ketones is 1. The van der Waals surface area contributed by atoms with Crippen molar-refractivity contribution in [3.05, 3.63) is 23.3 Å². The Kier molecular flexibility index (Phi) is 2.74. The Morgan fingerprint density at radius 2 is 2.10 bits per heavy atom. The first kappa shape index (κ1) is 13.6. The molecule has 2 aliphatic carbocycles. The molecule has 0 spiro atoms. The number of carbonyl (C=O) groups is 2. The van der Waals surface area contributed by atoms with Crippen LogP contribution in [0, 0.1) is 17.3 Å². The topological polar surface area (TPSA) is 52.6 Å². The van der Waals surface area contributed by atoms with Crippen LogP contribution in [0.1, 0.15) is 33.6 Å². The van der Waals surface area contributed by atoms with E-state index in [1.54, 1.807) is 20.1 Å². The summed E-state index contributed by atoms with van der Waals surface area (Å²) >= 11 is 0. The molecule has 4 unspecified atom stereocenters. The highest BCUT2D eigenvalue weighted by Crippen LogP contribution is 2.57. The number of hydrogen-bond acceptors (Lipinski definition) is 4. The van der Waals surface area contributed by atoms with Gasteiger partial charge in [-0.3, -0.25) is 4.79 Å². The number of ether oxygens (including phenoxy) is 2. The lowest BCUT2D eigenvalue weighted by molar-refractivity contribution is -0.211. The van der Waals surface area contributed by atoms with E-state index in [-0.39, 0.29) is 29.0 Å². The summed E-state index contributed by atoms with van der Waals surface area (Å²) in [7, 11) is 1.58. The minimum atomic E-state index is -0.921. The first-order chi connectivity index (χ1) is 9.34. The van der Waals surface area contributed by atoms with Crippen LogP contribution in [0.4, 0.5) is 0 Å². The number of rotatable bonds is 1. The fourth-order valence-electron chi connectivity index (χ4n) is 3.85. The smallest absolute Gasteiger partial charge is 0.336 e. The van der Waals surface area contributed by atoms with E-state index in [0.717, 1.165) is 5.57 Å². The summed E-state index contributed by atoms with van der Waals surface area (Å²) in [5, 5.41) is 0. The third-order valence-electron chi connectivity index (χ3n) is 5.61. The monoisotopic (exact) mass is 276 g/mol. The summed E-state index contributed by atoms with van der Waals surface area (Å²) in [6, 6.07) is 0. The zero-order chi connectivity index (χ0) is 14.7. The van der Waals surface area contributed by atoms with Crippen LogP contribution in [0.2, 0.25) is 0 Å². The Labute approximate surface area is 118 Å². The molecule has 4 atom stereocenters. The van der Waals surface area contributed by atoms with Gasteiger partial charge in [0.2, 0.25) is 5.79 Å². The summed E-state index contributed by atoms with van der Waals surface area (Å²) in [5.74, 6) is -0.930. The van der Waals surface area contributed by atoms with Crippen LogP contribution in [0.3, 0.4) is 0 Å². The van der Waals surface area contributed by atoms with E-state index >= 15 is 0 Å². The van der Waals surface area contributed by atoms with E-state index in [2.05, 4.69) is 6.92 Å². The van der Waals surface area contributed by atoms with E-state index in [1.807, 2.05) is 13.0 Å². The highest BCUT2D eigenvalue weighted by molar-refractivity contribution is 5.94. The van der Waals surface area contributed by atoms with Gasteiger partial charge in [0.1, 0.15) is 0 Å². The third-order valence-corrected chi connectivity index (χ3v) is 5.61. The first-order valence-electron chi connectivity index (χ1n) is 7.05. The molecule has 108 valence electrons. The molecule has 4 nitrogen and oxygen atoms in total. The highest BCUT2D eigenvalue weighted by atomic mass is 16.7. The van der Waals surface area contributed by atoms with E-state index in [4.69, 9.17) is 9.47 Å². The normalized spacial score (nSPS) is 43.4. The van der Waals surface area contributed by atoms with Gasteiger partial charge in [-0.05, 0) is 30.8 Å². The lowest BCUT2D eigenvalue weighted by Crippen LogP contribution is -2.51. The van der Waals surface area contributed by atoms with Gasteiger partial charge in [-0.1, -0.05) is 19.9 Å². The van der Waals surface area contributed by atoms with Crippen molar-refractivity contribution in [3.63, 3.8) is 0 Å². The summed E-state index contributed by atoms with van der Waals surface area (Å²) < 4.78 is 11.1. The molecule has 1 heterocycles. The van der Waals surface area contributed by atoms with Crippen molar-refractivity contribution in [1.82, 2.24) is 0 Å². The predicted octanol–water partition coefficient (Wildman–Crippen LogP) is 2.39. The van der Waals surface area contributed by atoms with Crippen LogP contribution in [0.25, 0.3) is 0 Å². The molecular weight excluding hydrogens is 256 g/mol. The van der Waals surface area contributed by atoms with E-state index in [9.17, 15) is 9.59 Å². The molecule has 0 N–H and O–H groups in total. The maximum Gasteiger partial charge on any atom is 0.336 e. The average Bonchev–Trinajstić information content (AvgIpc) is 2.66. The molecule has 0 amide bonds. The Morgan fingerprint density at radius 1 is 1.40 bits per heavy atom. The largest absolute Gasteiger partial charge is 0.426 e. The summed E-state index contributed by atoms with van der Waals surface area (Å²) in [6.45, 7) is 5.89. The Balaban J connectivity index is 2.10. The van der Waals surface area contributed by atoms with Crippen LogP contribution in [-0.2, 0) is 19.1 Å². The van der Waals surface area contributed by atoms with Gasteiger partial charge in [-0.15, -0.1) is 0 Å². The Morgan fingerprint density at radius 3 is 2.75 bits per heavy atom. The van der Waals surface area contributed by atoms with Gasteiger partial charge in [-0.2, -0.15) is 0 Å². The lowest BCUT2D eigenvalue weighted by atomic mass is 9.55. The van der Waals surface area contributed by atoms with Gasteiger partial charge in [0.15, 0.2) is 5.78 Å². The molecule has 1 aliphatic heterocycles. The number of fused-ring (bicyclic) bond motifs is 2. The molecule has 3 rings (SSSR count). The van der Waals surface area contributed by atoms with E-state index in [0.29, 0.717) is 18.4 Å². The quantitative estimate of drug-likeness (QED) is 0.690. The van der Waals surface area contributed by atoms with Crippen LogP contribution >= 0.6 is 0 Å². The second-order valence-corrected chi connectivity index (χ2v) is 6.43. The van der Waals surface area contributed by atoms with Crippen LogP contribution in [0.15, 0.2) is 23.3 Å². The van der Waals surface area contributed by atoms with Gasteiger partial charge >= 0.3 is 5.97 Å². The molecule has 3 aliphatic rings. The minimum Gasteiger partial charge on any atom is -0.426 e. The Hall–Kier alpha value is -1.42. The summed E-state index contributed by atoms with van der Waals surface area (Å²) in [4.78, 5) is 23.9. The van der Waals surface area contributed by atoms with Gasteiger partial charge in [0.25, 0.3) is 0 Å². The van der Waals surface area contributed by atoms with Crippen molar-refractivity contribution in [1.29, 1.82) is 0 Å². The van der Waals surface area contributed by atoms with Gasteiger partial charge < -0.3 is 9.47 Å². The number of hydrogen-bond donors (Lipinski definition) is 0. The summed E-state index contributed by atoms with van der Waals surface area (Å²) in [6.07, 6.45) is 4.88. The second-order valence-electron chi connectivity index (χ2n) is 6.43. The molecule has 0 saturated heterocycles. The molecule has 0 radical (unpaired) electrons. The van der Waals surface area contributed by atoms with Gasteiger partial charge in [0, 0.05) is 30.6 Å². The maximum atomic E-state index is 12.0. The maximum absolute atomic E-state index is 12.0. The standard InChI is InChI=1S/C16H20O4/c1-9-12-8-15(3)10(2)13(17)6-5-11(15)7-16(12,19-4)20-14(9)18/h5-6,10-11H,7-8H2,1-4H3.